The summed E-state index contributed by atoms with van der Waals surface area (Å²) in [5.74, 6) is 0.0946. The van der Waals surface area contributed by atoms with Gasteiger partial charge in [0.05, 0.1) is 12.7 Å². The maximum Gasteiger partial charge on any atom is 0.266 e. The molecule has 2 amide bonds. The van der Waals surface area contributed by atoms with Gasteiger partial charge in [0.25, 0.3) is 11.8 Å². The standard InChI is InChI=1S/C21H21N3O3S/c1-12-3-8-16-17(9-12)28-21(18(16)19(23)25)24-20(26)14(11-22)10-13-4-6-15(27-2)7-5-13/h4-7,10,12H,3,8-9H2,1-2H3,(H2,23,25)(H,24,26)/b14-10-. The van der Waals surface area contributed by atoms with Crippen LogP contribution in [0.4, 0.5) is 5.00 Å². The van der Waals surface area contributed by atoms with Crippen molar-refractivity contribution >= 4 is 34.2 Å². The van der Waals surface area contributed by atoms with Gasteiger partial charge in [-0.2, -0.15) is 5.26 Å². The predicted octanol–water partition coefficient (Wildman–Crippen LogP) is 3.53. The minimum absolute atomic E-state index is 0.0553. The first-order valence-corrected chi connectivity index (χ1v) is 9.76. The fraction of sp³-hybridized carbons (Fsp3) is 0.286. The van der Waals surface area contributed by atoms with E-state index in [0.29, 0.717) is 27.8 Å². The van der Waals surface area contributed by atoms with E-state index in [1.54, 1.807) is 31.4 Å². The lowest BCUT2D eigenvalue weighted by molar-refractivity contribution is -0.112. The van der Waals surface area contributed by atoms with Crippen molar-refractivity contribution in [2.75, 3.05) is 12.4 Å². The Bertz CT molecular complexity index is 984. The Morgan fingerprint density at radius 3 is 2.68 bits per heavy atom. The number of fused-ring (bicyclic) bond motifs is 1. The van der Waals surface area contributed by atoms with Crippen LogP contribution in [0.15, 0.2) is 29.8 Å². The van der Waals surface area contributed by atoms with Crippen molar-refractivity contribution in [2.45, 2.75) is 26.2 Å². The fourth-order valence-corrected chi connectivity index (χ4v) is 4.70. The minimum atomic E-state index is -0.563. The van der Waals surface area contributed by atoms with Crippen molar-refractivity contribution in [3.05, 3.63) is 51.4 Å². The van der Waals surface area contributed by atoms with Gasteiger partial charge in [0.15, 0.2) is 0 Å². The number of hydrogen-bond donors (Lipinski definition) is 2. The van der Waals surface area contributed by atoms with Crippen molar-refractivity contribution in [1.29, 1.82) is 5.26 Å². The van der Waals surface area contributed by atoms with Gasteiger partial charge in [-0.05, 0) is 54.5 Å². The molecular formula is C21H21N3O3S. The highest BCUT2D eigenvalue weighted by molar-refractivity contribution is 7.17. The highest BCUT2D eigenvalue weighted by atomic mass is 32.1. The van der Waals surface area contributed by atoms with E-state index in [-0.39, 0.29) is 5.57 Å². The first-order chi connectivity index (χ1) is 13.4. The molecule has 1 aromatic carbocycles. The molecule has 0 bridgehead atoms. The SMILES string of the molecule is COc1ccc(/C=C(/C#N)C(=O)Nc2sc3c(c2C(N)=O)CCC(C)C3)cc1. The van der Waals surface area contributed by atoms with E-state index in [9.17, 15) is 14.9 Å². The minimum Gasteiger partial charge on any atom is -0.497 e. The van der Waals surface area contributed by atoms with E-state index >= 15 is 0 Å². The average Bonchev–Trinajstić information content (AvgIpc) is 3.03. The molecule has 0 radical (unpaired) electrons. The smallest absolute Gasteiger partial charge is 0.266 e. The predicted molar refractivity (Wildman–Crippen MR) is 109 cm³/mol. The van der Waals surface area contributed by atoms with E-state index in [0.717, 1.165) is 29.7 Å². The number of hydrogen-bond acceptors (Lipinski definition) is 5. The van der Waals surface area contributed by atoms with Crippen LogP contribution in [-0.2, 0) is 17.6 Å². The second-order valence-corrected chi connectivity index (χ2v) is 7.92. The largest absolute Gasteiger partial charge is 0.497 e. The molecular weight excluding hydrogens is 374 g/mol. The molecule has 1 atom stereocenters. The van der Waals surface area contributed by atoms with Gasteiger partial charge in [0.1, 0.15) is 22.4 Å². The number of nitriles is 1. The molecule has 28 heavy (non-hydrogen) atoms. The number of nitrogens with one attached hydrogen (secondary N) is 1. The summed E-state index contributed by atoms with van der Waals surface area (Å²) in [5.41, 5.74) is 7.53. The molecule has 3 rings (SSSR count). The molecule has 0 fully saturated rings. The molecule has 144 valence electrons. The third-order valence-electron chi connectivity index (χ3n) is 4.78. The number of carbonyl (C=O) groups excluding carboxylic acids is 2. The highest BCUT2D eigenvalue weighted by Crippen LogP contribution is 2.39. The lowest BCUT2D eigenvalue weighted by Crippen LogP contribution is -2.19. The van der Waals surface area contributed by atoms with Gasteiger partial charge in [-0.25, -0.2) is 0 Å². The summed E-state index contributed by atoms with van der Waals surface area (Å²) in [6.45, 7) is 2.16. The molecule has 0 saturated carbocycles. The third-order valence-corrected chi connectivity index (χ3v) is 5.95. The number of amides is 2. The van der Waals surface area contributed by atoms with Crippen LogP contribution in [0.5, 0.6) is 5.75 Å². The van der Waals surface area contributed by atoms with Crippen LogP contribution < -0.4 is 15.8 Å². The first-order valence-electron chi connectivity index (χ1n) is 8.94. The van der Waals surface area contributed by atoms with E-state index in [1.807, 2.05) is 6.07 Å². The Labute approximate surface area is 167 Å². The summed E-state index contributed by atoms with van der Waals surface area (Å²) >= 11 is 1.38. The van der Waals surface area contributed by atoms with Crippen molar-refractivity contribution in [2.24, 2.45) is 11.7 Å². The number of benzene rings is 1. The van der Waals surface area contributed by atoms with Gasteiger partial charge in [0.2, 0.25) is 0 Å². The van der Waals surface area contributed by atoms with Gasteiger partial charge in [-0.3, -0.25) is 9.59 Å². The van der Waals surface area contributed by atoms with Gasteiger partial charge in [-0.1, -0.05) is 19.1 Å². The lowest BCUT2D eigenvalue weighted by atomic mass is 9.88. The topological polar surface area (TPSA) is 105 Å². The van der Waals surface area contributed by atoms with Crippen molar-refractivity contribution in [3.63, 3.8) is 0 Å². The summed E-state index contributed by atoms with van der Waals surface area (Å²) in [7, 11) is 1.57. The molecule has 1 aliphatic carbocycles. The molecule has 7 heteroatoms. The summed E-state index contributed by atoms with van der Waals surface area (Å²) in [6.07, 6.45) is 4.11. The number of nitrogens with two attached hydrogens (primary N) is 1. The number of ether oxygens (including phenoxy) is 1. The molecule has 1 aromatic heterocycles. The van der Waals surface area contributed by atoms with Gasteiger partial charge in [0, 0.05) is 4.88 Å². The third kappa shape index (κ3) is 4.07. The first kappa shape index (κ1) is 19.6. The van der Waals surface area contributed by atoms with Crippen LogP contribution >= 0.6 is 11.3 Å². The van der Waals surface area contributed by atoms with Crippen LogP contribution in [-0.4, -0.2) is 18.9 Å². The van der Waals surface area contributed by atoms with Crippen LogP contribution in [0.3, 0.4) is 0 Å². The summed E-state index contributed by atoms with van der Waals surface area (Å²) in [6, 6.07) is 8.93. The van der Waals surface area contributed by atoms with Gasteiger partial charge >= 0.3 is 0 Å². The summed E-state index contributed by atoms with van der Waals surface area (Å²) < 4.78 is 5.10. The molecule has 1 heterocycles. The number of carbonyl (C=O) groups is 2. The number of anilines is 1. The van der Waals surface area contributed by atoms with Crippen LogP contribution in [0.25, 0.3) is 6.08 Å². The second kappa shape index (κ2) is 8.28. The Morgan fingerprint density at radius 2 is 2.07 bits per heavy atom. The second-order valence-electron chi connectivity index (χ2n) is 6.82. The molecule has 2 aromatic rings. The Balaban J connectivity index is 1.87. The number of thiophene rings is 1. The molecule has 0 aliphatic heterocycles. The van der Waals surface area contributed by atoms with Crippen molar-refractivity contribution < 1.29 is 14.3 Å². The number of nitrogens with zero attached hydrogens (tertiary/aromatic N) is 1. The zero-order valence-corrected chi connectivity index (χ0v) is 16.6. The lowest BCUT2D eigenvalue weighted by Gasteiger charge is -2.18. The zero-order chi connectivity index (χ0) is 20.3. The van der Waals surface area contributed by atoms with E-state index in [1.165, 1.54) is 17.4 Å². The Morgan fingerprint density at radius 1 is 1.36 bits per heavy atom. The summed E-state index contributed by atoms with van der Waals surface area (Å²) in [5, 5.41) is 12.6. The van der Waals surface area contributed by atoms with E-state index in [2.05, 4.69) is 12.2 Å². The van der Waals surface area contributed by atoms with E-state index in [4.69, 9.17) is 10.5 Å². The van der Waals surface area contributed by atoms with Crippen molar-refractivity contribution in [1.82, 2.24) is 0 Å². The number of primary amides is 1. The molecule has 0 saturated heterocycles. The molecule has 1 unspecified atom stereocenters. The Hall–Kier alpha value is -3.11. The maximum absolute atomic E-state index is 12.7. The number of methoxy groups -OCH3 is 1. The zero-order valence-electron chi connectivity index (χ0n) is 15.7. The quantitative estimate of drug-likeness (QED) is 0.597. The Kier molecular flexibility index (Phi) is 5.81. The van der Waals surface area contributed by atoms with Crippen LogP contribution in [0.2, 0.25) is 0 Å². The van der Waals surface area contributed by atoms with Gasteiger partial charge in [-0.15, -0.1) is 11.3 Å². The summed E-state index contributed by atoms with van der Waals surface area (Å²) in [4.78, 5) is 25.7. The molecule has 0 spiro atoms. The average molecular weight is 395 g/mol. The molecule has 6 nitrogen and oxygen atoms in total. The fourth-order valence-electron chi connectivity index (χ4n) is 3.29. The monoisotopic (exact) mass is 395 g/mol. The maximum atomic E-state index is 12.7. The van der Waals surface area contributed by atoms with Crippen LogP contribution in [0.1, 0.15) is 39.7 Å². The molecule has 1 aliphatic rings. The number of rotatable bonds is 5. The molecule has 3 N–H and O–H groups in total. The normalized spacial score (nSPS) is 16.0. The van der Waals surface area contributed by atoms with E-state index < -0.39 is 11.8 Å². The highest BCUT2D eigenvalue weighted by Gasteiger charge is 2.27. The van der Waals surface area contributed by atoms with Gasteiger partial charge < -0.3 is 15.8 Å². The van der Waals surface area contributed by atoms with Crippen molar-refractivity contribution in [3.8, 4) is 11.8 Å². The van der Waals surface area contributed by atoms with Crippen LogP contribution in [0, 0.1) is 17.2 Å².